The molecule has 9 aromatic rings. The molecule has 0 radical (unpaired) electrons. The number of aromatic nitrogens is 2. The van der Waals surface area contributed by atoms with Crippen LogP contribution in [0.2, 0.25) is 0 Å². The van der Waals surface area contributed by atoms with E-state index in [1.54, 1.807) is 0 Å². The molecule has 0 aliphatic rings. The van der Waals surface area contributed by atoms with Crippen LogP contribution in [-0.4, -0.2) is 9.97 Å². The lowest BCUT2D eigenvalue weighted by Gasteiger charge is -2.25. The number of hydrogen-bond donors (Lipinski definition) is 0. The van der Waals surface area contributed by atoms with E-state index in [1.165, 1.54) is 20.2 Å². The molecule has 40 heavy (non-hydrogen) atoms. The lowest BCUT2D eigenvalue weighted by molar-refractivity contribution is 0.668. The van der Waals surface area contributed by atoms with Gasteiger partial charge in [0.1, 0.15) is 22.2 Å². The molecule has 0 saturated carbocycles. The fourth-order valence-corrected chi connectivity index (χ4v) is 6.84. The Bertz CT molecular complexity index is 2150. The normalized spacial score (nSPS) is 12.0. The Morgan fingerprint density at radius 1 is 0.475 bits per heavy atom. The predicted molar refractivity (Wildman–Crippen MR) is 164 cm³/mol. The van der Waals surface area contributed by atoms with E-state index < -0.39 is 0 Å². The number of benzene rings is 4. The summed E-state index contributed by atoms with van der Waals surface area (Å²) in [6.45, 7) is 0. The summed E-state index contributed by atoms with van der Waals surface area (Å²) in [5.41, 5.74) is 8.01. The van der Waals surface area contributed by atoms with Crippen molar-refractivity contribution in [3.63, 3.8) is 0 Å². The number of rotatable bonds is 3. The summed E-state index contributed by atoms with van der Waals surface area (Å²) in [6.07, 6.45) is 3.62. The zero-order valence-corrected chi connectivity index (χ0v) is 21.9. The molecule has 0 bridgehead atoms. The van der Waals surface area contributed by atoms with Gasteiger partial charge in [-0.2, -0.15) is 0 Å². The molecule has 0 spiro atoms. The third-order valence-electron chi connectivity index (χ3n) is 7.55. The summed E-state index contributed by atoms with van der Waals surface area (Å²) in [7, 11) is 0. The summed E-state index contributed by atoms with van der Waals surface area (Å²) < 4.78 is 14.7. The fraction of sp³-hybridized carbons (Fsp3) is 0. The van der Waals surface area contributed by atoms with Crippen molar-refractivity contribution in [2.45, 2.75) is 0 Å². The largest absolute Gasteiger partial charge is 0.454 e. The summed E-state index contributed by atoms with van der Waals surface area (Å²) in [4.78, 5) is 11.5. The Balaban J connectivity index is 1.32. The molecule has 6 heteroatoms. The quantitative estimate of drug-likeness (QED) is 0.226. The van der Waals surface area contributed by atoms with Crippen LogP contribution >= 0.6 is 11.3 Å². The van der Waals surface area contributed by atoms with Gasteiger partial charge in [0.2, 0.25) is 0 Å². The first-order chi connectivity index (χ1) is 19.8. The van der Waals surface area contributed by atoms with E-state index in [0.717, 1.165) is 61.2 Å². The minimum absolute atomic E-state index is 0.782. The zero-order valence-electron chi connectivity index (χ0n) is 21.0. The highest BCUT2D eigenvalue weighted by atomic mass is 32.1. The van der Waals surface area contributed by atoms with Crippen molar-refractivity contribution in [3.8, 4) is 0 Å². The minimum atomic E-state index is 0.782. The van der Waals surface area contributed by atoms with Gasteiger partial charge in [-0.15, -0.1) is 11.3 Å². The molecule has 0 aliphatic heterocycles. The minimum Gasteiger partial charge on any atom is -0.454 e. The maximum absolute atomic E-state index is 6.09. The van der Waals surface area contributed by atoms with Crippen molar-refractivity contribution in [2.24, 2.45) is 0 Å². The molecule has 0 fully saturated rings. The molecule has 0 saturated heterocycles. The van der Waals surface area contributed by atoms with Gasteiger partial charge in [0, 0.05) is 60.4 Å². The molecule has 4 aromatic carbocycles. The van der Waals surface area contributed by atoms with E-state index in [0.29, 0.717) is 0 Å². The van der Waals surface area contributed by atoms with Crippen LogP contribution < -0.4 is 4.90 Å². The number of thiophene rings is 1. The van der Waals surface area contributed by atoms with E-state index in [1.807, 2.05) is 60.1 Å². The van der Waals surface area contributed by atoms with Crippen LogP contribution in [0.25, 0.3) is 64.3 Å². The molecule has 5 heterocycles. The zero-order chi connectivity index (χ0) is 26.2. The average molecular weight is 534 g/mol. The van der Waals surface area contributed by atoms with Crippen LogP contribution in [0, 0.1) is 0 Å². The Labute approximate surface area is 231 Å². The first-order valence-electron chi connectivity index (χ1n) is 13.1. The smallest absolute Gasteiger partial charge is 0.153 e. The molecule has 0 unspecified atom stereocenters. The summed E-state index contributed by atoms with van der Waals surface area (Å²) in [6, 6.07) is 35.6. The number of pyridine rings is 2. The van der Waals surface area contributed by atoms with Crippen molar-refractivity contribution in [1.29, 1.82) is 0 Å². The van der Waals surface area contributed by atoms with Crippen LogP contribution in [0.15, 0.2) is 124 Å². The van der Waals surface area contributed by atoms with Crippen molar-refractivity contribution in [3.05, 3.63) is 116 Å². The number of hydrogen-bond acceptors (Lipinski definition) is 6. The molecule has 9 rings (SSSR count). The standard InChI is InChI=1S/C34H19N3O2S/c1-2-8-31-23(5-1)24-17-22(11-14-32(24)40-31)37(20-9-12-27-25(18-20)33-29(38-27)6-3-15-35-33)21-10-13-28-26(19-21)34-30(39-28)7-4-16-36-34/h1-19H. The molecule has 0 atom stereocenters. The fourth-order valence-electron chi connectivity index (χ4n) is 5.75. The Hall–Kier alpha value is -5.20. The van der Waals surface area contributed by atoms with Gasteiger partial charge < -0.3 is 13.7 Å². The lowest BCUT2D eigenvalue weighted by Crippen LogP contribution is -2.09. The van der Waals surface area contributed by atoms with Crippen LogP contribution in [-0.2, 0) is 0 Å². The van der Waals surface area contributed by atoms with E-state index in [2.05, 4.69) is 81.6 Å². The topological polar surface area (TPSA) is 55.3 Å². The SMILES string of the molecule is c1cnc2c(c1)oc1ccc(N(c3ccc4sc5ccccc5c4c3)c3ccc4oc5cccnc5c4c3)cc12. The highest BCUT2D eigenvalue weighted by Gasteiger charge is 2.19. The molecule has 0 amide bonds. The number of furan rings is 2. The van der Waals surface area contributed by atoms with E-state index in [-0.39, 0.29) is 0 Å². The average Bonchev–Trinajstić information content (AvgIpc) is 3.68. The first-order valence-corrected chi connectivity index (χ1v) is 13.9. The van der Waals surface area contributed by atoms with Crippen molar-refractivity contribution in [2.75, 3.05) is 4.90 Å². The van der Waals surface area contributed by atoms with Gasteiger partial charge in [-0.05, 0) is 84.9 Å². The second-order valence-electron chi connectivity index (χ2n) is 9.88. The second-order valence-corrected chi connectivity index (χ2v) is 11.0. The summed E-state index contributed by atoms with van der Waals surface area (Å²) in [5, 5.41) is 4.48. The Morgan fingerprint density at radius 2 is 1.02 bits per heavy atom. The van der Waals surface area contributed by atoms with Crippen LogP contribution in [0.4, 0.5) is 17.1 Å². The molecule has 0 N–H and O–H groups in total. The van der Waals surface area contributed by atoms with Gasteiger partial charge in [-0.25, -0.2) is 0 Å². The Kier molecular flexibility index (Phi) is 4.42. The molecule has 5 nitrogen and oxygen atoms in total. The summed E-state index contributed by atoms with van der Waals surface area (Å²) in [5.74, 6) is 0. The highest BCUT2D eigenvalue weighted by Crippen LogP contribution is 2.43. The predicted octanol–water partition coefficient (Wildman–Crippen LogP) is 10.1. The molecule has 188 valence electrons. The number of fused-ring (bicyclic) bond motifs is 9. The van der Waals surface area contributed by atoms with Gasteiger partial charge in [0.05, 0.1) is 0 Å². The lowest BCUT2D eigenvalue weighted by atomic mass is 10.1. The van der Waals surface area contributed by atoms with E-state index in [9.17, 15) is 0 Å². The van der Waals surface area contributed by atoms with Gasteiger partial charge in [-0.1, -0.05) is 18.2 Å². The van der Waals surface area contributed by atoms with Gasteiger partial charge in [0.15, 0.2) is 11.2 Å². The van der Waals surface area contributed by atoms with Crippen molar-refractivity contribution < 1.29 is 8.83 Å². The summed E-state index contributed by atoms with van der Waals surface area (Å²) >= 11 is 1.82. The molecular formula is C34H19N3O2S. The molecular weight excluding hydrogens is 514 g/mol. The third-order valence-corrected chi connectivity index (χ3v) is 8.70. The van der Waals surface area contributed by atoms with Crippen LogP contribution in [0.1, 0.15) is 0 Å². The Morgan fingerprint density at radius 3 is 1.68 bits per heavy atom. The van der Waals surface area contributed by atoms with Crippen LogP contribution in [0.3, 0.4) is 0 Å². The first kappa shape index (κ1) is 21.7. The van der Waals surface area contributed by atoms with Crippen molar-refractivity contribution >= 4 is 92.7 Å². The van der Waals surface area contributed by atoms with Gasteiger partial charge in [-0.3, -0.25) is 9.97 Å². The monoisotopic (exact) mass is 533 g/mol. The highest BCUT2D eigenvalue weighted by molar-refractivity contribution is 7.25. The van der Waals surface area contributed by atoms with E-state index >= 15 is 0 Å². The second kappa shape index (κ2) is 8.15. The van der Waals surface area contributed by atoms with Gasteiger partial charge in [0.25, 0.3) is 0 Å². The molecule has 5 aromatic heterocycles. The number of anilines is 3. The molecule has 0 aliphatic carbocycles. The van der Waals surface area contributed by atoms with Crippen LogP contribution in [0.5, 0.6) is 0 Å². The maximum atomic E-state index is 6.09. The van der Waals surface area contributed by atoms with Crippen molar-refractivity contribution in [1.82, 2.24) is 9.97 Å². The number of nitrogens with zero attached hydrogens (tertiary/aromatic N) is 3. The van der Waals surface area contributed by atoms with E-state index in [4.69, 9.17) is 8.83 Å². The third kappa shape index (κ3) is 3.14. The van der Waals surface area contributed by atoms with Gasteiger partial charge >= 0.3 is 0 Å². The maximum Gasteiger partial charge on any atom is 0.153 e.